The van der Waals surface area contributed by atoms with E-state index < -0.39 is 5.60 Å². The van der Waals surface area contributed by atoms with Gasteiger partial charge in [0, 0.05) is 13.1 Å². The molecule has 1 heterocycles. The zero-order valence-electron chi connectivity index (χ0n) is 12.8. The highest BCUT2D eigenvalue weighted by Crippen LogP contribution is 2.21. The molecule has 0 spiro atoms. The van der Waals surface area contributed by atoms with Gasteiger partial charge < -0.3 is 10.0 Å². The van der Waals surface area contributed by atoms with Gasteiger partial charge in [0.15, 0.2) is 0 Å². The van der Waals surface area contributed by atoms with Gasteiger partial charge in [0.05, 0.1) is 11.4 Å². The van der Waals surface area contributed by atoms with Gasteiger partial charge in [-0.2, -0.15) is 11.8 Å². The van der Waals surface area contributed by atoms with Crippen molar-refractivity contribution in [1.29, 1.82) is 0 Å². The summed E-state index contributed by atoms with van der Waals surface area (Å²) in [5.41, 5.74) is 0.721. The lowest BCUT2D eigenvalue weighted by Gasteiger charge is -2.22. The van der Waals surface area contributed by atoms with E-state index in [9.17, 15) is 9.90 Å². The van der Waals surface area contributed by atoms with Gasteiger partial charge in [-0.25, -0.2) is 0 Å². The summed E-state index contributed by atoms with van der Waals surface area (Å²) in [5, 5.41) is 10.1. The lowest BCUT2D eigenvalue weighted by Crippen LogP contribution is -2.34. The fraction of sp³-hybridized carbons (Fsp3) is 0.588. The minimum Gasteiger partial charge on any atom is -0.390 e. The molecule has 2 rings (SSSR count). The van der Waals surface area contributed by atoms with Crippen LogP contribution < -0.4 is 0 Å². The van der Waals surface area contributed by atoms with E-state index in [4.69, 9.17) is 0 Å². The molecule has 1 unspecified atom stereocenters. The highest BCUT2D eigenvalue weighted by atomic mass is 32.2. The molecule has 3 nitrogen and oxygen atoms in total. The number of amides is 1. The molecule has 1 aliphatic rings. The second-order valence-corrected chi connectivity index (χ2v) is 7.12. The molecule has 0 aliphatic carbocycles. The maximum atomic E-state index is 12.2. The number of carbonyl (C=O) groups is 1. The summed E-state index contributed by atoms with van der Waals surface area (Å²) in [6.45, 7) is 3.34. The third-order valence-electron chi connectivity index (χ3n) is 4.02. The Bertz CT molecular complexity index is 447. The van der Waals surface area contributed by atoms with Gasteiger partial charge in [0.1, 0.15) is 0 Å². The molecule has 21 heavy (non-hydrogen) atoms. The molecule has 1 fully saturated rings. The highest BCUT2D eigenvalue weighted by Gasteiger charge is 2.26. The van der Waals surface area contributed by atoms with Crippen LogP contribution in [0.3, 0.4) is 0 Å². The van der Waals surface area contributed by atoms with Crippen LogP contribution >= 0.6 is 11.8 Å². The number of carbonyl (C=O) groups excluding carboxylic acids is 1. The van der Waals surface area contributed by atoms with E-state index in [0.29, 0.717) is 18.7 Å². The van der Waals surface area contributed by atoms with E-state index in [1.165, 1.54) is 5.56 Å². The first kappa shape index (κ1) is 16.4. The van der Waals surface area contributed by atoms with E-state index in [0.717, 1.165) is 31.6 Å². The first-order valence-corrected chi connectivity index (χ1v) is 8.84. The molecule has 0 aromatic heterocycles. The van der Waals surface area contributed by atoms with Gasteiger partial charge in [-0.05, 0) is 43.9 Å². The molecule has 1 saturated heterocycles. The standard InChI is InChI=1S/C17H25NO2S/c1-17(20)9-5-11-18(12-10-17)16(19)14-21-13-8-15-6-3-2-4-7-15/h2-4,6-7,20H,5,8-14H2,1H3. The minimum absolute atomic E-state index is 0.214. The summed E-state index contributed by atoms with van der Waals surface area (Å²) >= 11 is 1.70. The molecule has 1 aromatic rings. The monoisotopic (exact) mass is 307 g/mol. The topological polar surface area (TPSA) is 40.5 Å². The quantitative estimate of drug-likeness (QED) is 0.850. The Balaban J connectivity index is 1.67. The summed E-state index contributed by atoms with van der Waals surface area (Å²) in [6.07, 6.45) is 3.38. The first-order chi connectivity index (χ1) is 10.1. The fourth-order valence-corrected chi connectivity index (χ4v) is 3.48. The molecule has 0 saturated carbocycles. The summed E-state index contributed by atoms with van der Waals surface area (Å²) in [4.78, 5) is 14.1. The van der Waals surface area contributed by atoms with Crippen molar-refractivity contribution in [3.63, 3.8) is 0 Å². The van der Waals surface area contributed by atoms with Crippen molar-refractivity contribution in [2.75, 3.05) is 24.6 Å². The Morgan fingerprint density at radius 3 is 2.81 bits per heavy atom. The number of thioether (sulfide) groups is 1. The van der Waals surface area contributed by atoms with Crippen LogP contribution in [0.1, 0.15) is 31.7 Å². The third kappa shape index (κ3) is 5.71. The Morgan fingerprint density at radius 2 is 2.05 bits per heavy atom. The van der Waals surface area contributed by atoms with Gasteiger partial charge in [-0.15, -0.1) is 0 Å². The summed E-state index contributed by atoms with van der Waals surface area (Å²) in [6, 6.07) is 10.4. The van der Waals surface area contributed by atoms with E-state index >= 15 is 0 Å². The van der Waals surface area contributed by atoms with Crippen molar-refractivity contribution in [3.05, 3.63) is 35.9 Å². The number of hydrogen-bond donors (Lipinski definition) is 1. The van der Waals surface area contributed by atoms with E-state index in [-0.39, 0.29) is 5.91 Å². The van der Waals surface area contributed by atoms with Gasteiger partial charge in [-0.3, -0.25) is 4.79 Å². The SMILES string of the molecule is CC1(O)CCCN(C(=O)CSCCc2ccccc2)CC1. The van der Waals surface area contributed by atoms with Gasteiger partial charge >= 0.3 is 0 Å². The van der Waals surface area contributed by atoms with Crippen molar-refractivity contribution in [3.8, 4) is 0 Å². The molecular formula is C17H25NO2S. The van der Waals surface area contributed by atoms with Gasteiger partial charge in [-0.1, -0.05) is 30.3 Å². The summed E-state index contributed by atoms with van der Waals surface area (Å²) < 4.78 is 0. The van der Waals surface area contributed by atoms with Crippen molar-refractivity contribution >= 4 is 17.7 Å². The molecule has 1 amide bonds. The lowest BCUT2D eigenvalue weighted by atomic mass is 9.98. The second-order valence-electron chi connectivity index (χ2n) is 6.02. The van der Waals surface area contributed by atoms with E-state index in [1.54, 1.807) is 11.8 Å². The van der Waals surface area contributed by atoms with Crippen molar-refractivity contribution in [1.82, 2.24) is 4.90 Å². The fourth-order valence-electron chi connectivity index (χ4n) is 2.60. The molecule has 1 N–H and O–H groups in total. The van der Waals surface area contributed by atoms with Crippen molar-refractivity contribution in [2.45, 2.75) is 38.2 Å². The van der Waals surface area contributed by atoms with Crippen LogP contribution in [-0.4, -0.2) is 46.1 Å². The van der Waals surface area contributed by atoms with Crippen LogP contribution in [0.5, 0.6) is 0 Å². The largest absolute Gasteiger partial charge is 0.390 e. The molecule has 116 valence electrons. The number of benzene rings is 1. The molecule has 1 aromatic carbocycles. The highest BCUT2D eigenvalue weighted by molar-refractivity contribution is 7.99. The Hall–Kier alpha value is -1.00. The predicted octanol–water partition coefficient (Wildman–Crippen LogP) is 2.73. The summed E-state index contributed by atoms with van der Waals surface area (Å²) in [5.74, 6) is 1.74. The van der Waals surface area contributed by atoms with Crippen LogP contribution in [0.25, 0.3) is 0 Å². The van der Waals surface area contributed by atoms with Gasteiger partial charge in [0.25, 0.3) is 0 Å². The van der Waals surface area contributed by atoms with Crippen LogP contribution in [0, 0.1) is 0 Å². The number of aryl methyl sites for hydroxylation is 1. The van der Waals surface area contributed by atoms with Crippen LogP contribution in [0.2, 0.25) is 0 Å². The van der Waals surface area contributed by atoms with Crippen molar-refractivity contribution < 1.29 is 9.90 Å². The molecule has 0 bridgehead atoms. The zero-order chi connectivity index (χ0) is 15.1. The van der Waals surface area contributed by atoms with Crippen LogP contribution in [0.15, 0.2) is 30.3 Å². The smallest absolute Gasteiger partial charge is 0.232 e. The zero-order valence-corrected chi connectivity index (χ0v) is 13.6. The number of nitrogens with zero attached hydrogens (tertiary/aromatic N) is 1. The number of aliphatic hydroxyl groups is 1. The molecular weight excluding hydrogens is 282 g/mol. The molecule has 4 heteroatoms. The third-order valence-corrected chi connectivity index (χ3v) is 4.96. The molecule has 1 atom stereocenters. The molecule has 0 radical (unpaired) electrons. The maximum Gasteiger partial charge on any atom is 0.232 e. The number of rotatable bonds is 5. The average molecular weight is 307 g/mol. The predicted molar refractivity (Wildman–Crippen MR) is 88.5 cm³/mol. The maximum absolute atomic E-state index is 12.2. The van der Waals surface area contributed by atoms with E-state index in [1.807, 2.05) is 30.0 Å². The Morgan fingerprint density at radius 1 is 1.29 bits per heavy atom. The van der Waals surface area contributed by atoms with Crippen LogP contribution in [0.4, 0.5) is 0 Å². The lowest BCUT2D eigenvalue weighted by molar-refractivity contribution is -0.128. The first-order valence-electron chi connectivity index (χ1n) is 7.69. The van der Waals surface area contributed by atoms with E-state index in [2.05, 4.69) is 12.1 Å². The minimum atomic E-state index is -0.602. The number of hydrogen-bond acceptors (Lipinski definition) is 3. The van der Waals surface area contributed by atoms with Gasteiger partial charge in [0.2, 0.25) is 5.91 Å². The van der Waals surface area contributed by atoms with Crippen LogP contribution in [-0.2, 0) is 11.2 Å². The average Bonchev–Trinajstić information content (AvgIpc) is 2.65. The van der Waals surface area contributed by atoms with Crippen molar-refractivity contribution in [2.24, 2.45) is 0 Å². The molecule has 1 aliphatic heterocycles. The Kier molecular flexibility index (Phi) is 6.12. The Labute approximate surface area is 131 Å². The number of likely N-dealkylation sites (tertiary alicyclic amines) is 1. The summed E-state index contributed by atoms with van der Waals surface area (Å²) in [7, 11) is 0. The second kappa shape index (κ2) is 7.85. The normalized spacial score (nSPS) is 22.9.